The SMILES string of the molecule is N=S(=O)(/C=C/c1ccccn1)c1ccccc1F. The molecule has 0 amide bonds. The first-order valence-electron chi connectivity index (χ1n) is 5.22. The van der Waals surface area contributed by atoms with Gasteiger partial charge in [-0.15, -0.1) is 0 Å². The summed E-state index contributed by atoms with van der Waals surface area (Å²) in [6, 6.07) is 10.9. The van der Waals surface area contributed by atoms with E-state index in [9.17, 15) is 8.60 Å². The molecular formula is C13H11FN2OS. The smallest absolute Gasteiger partial charge is 0.140 e. The molecule has 1 heterocycles. The molecule has 0 aliphatic rings. The maximum atomic E-state index is 13.5. The minimum atomic E-state index is -3.28. The van der Waals surface area contributed by atoms with E-state index >= 15 is 0 Å². The Bertz CT molecular complexity index is 666. The molecule has 1 N–H and O–H groups in total. The van der Waals surface area contributed by atoms with Crippen molar-refractivity contribution in [1.29, 1.82) is 4.78 Å². The van der Waals surface area contributed by atoms with Crippen LogP contribution < -0.4 is 0 Å². The molecule has 1 aromatic carbocycles. The molecule has 0 radical (unpaired) electrons. The van der Waals surface area contributed by atoms with Crippen LogP contribution in [0.5, 0.6) is 0 Å². The predicted molar refractivity (Wildman–Crippen MR) is 68.8 cm³/mol. The second-order valence-electron chi connectivity index (χ2n) is 3.59. The molecule has 2 aromatic rings. The van der Waals surface area contributed by atoms with Crippen LogP contribution in [0, 0.1) is 10.6 Å². The molecule has 2 rings (SSSR count). The van der Waals surface area contributed by atoms with Gasteiger partial charge in [0.1, 0.15) is 5.82 Å². The first-order chi connectivity index (χ1) is 8.59. The van der Waals surface area contributed by atoms with Crippen LogP contribution in [-0.2, 0) is 9.73 Å². The quantitative estimate of drug-likeness (QED) is 0.922. The van der Waals surface area contributed by atoms with Crippen molar-refractivity contribution in [3.05, 3.63) is 65.6 Å². The van der Waals surface area contributed by atoms with Gasteiger partial charge in [0, 0.05) is 11.6 Å². The fraction of sp³-hybridized carbons (Fsp3) is 0. The van der Waals surface area contributed by atoms with Crippen LogP contribution in [-0.4, -0.2) is 9.19 Å². The van der Waals surface area contributed by atoms with Gasteiger partial charge < -0.3 is 0 Å². The zero-order valence-electron chi connectivity index (χ0n) is 9.42. The van der Waals surface area contributed by atoms with E-state index in [4.69, 9.17) is 4.78 Å². The van der Waals surface area contributed by atoms with Crippen molar-refractivity contribution in [2.75, 3.05) is 0 Å². The third kappa shape index (κ3) is 2.81. The van der Waals surface area contributed by atoms with E-state index in [1.807, 2.05) is 0 Å². The van der Waals surface area contributed by atoms with Crippen LogP contribution in [0.3, 0.4) is 0 Å². The normalized spacial score (nSPS) is 14.5. The predicted octanol–water partition coefficient (Wildman–Crippen LogP) is 3.30. The van der Waals surface area contributed by atoms with Crippen LogP contribution in [0.1, 0.15) is 5.69 Å². The summed E-state index contributed by atoms with van der Waals surface area (Å²) >= 11 is 0. The largest absolute Gasteiger partial charge is 0.257 e. The fourth-order valence-electron chi connectivity index (χ4n) is 1.40. The highest BCUT2D eigenvalue weighted by Crippen LogP contribution is 2.17. The van der Waals surface area contributed by atoms with Crippen LogP contribution in [0.2, 0.25) is 0 Å². The monoisotopic (exact) mass is 262 g/mol. The van der Waals surface area contributed by atoms with E-state index in [0.717, 1.165) is 0 Å². The summed E-state index contributed by atoms with van der Waals surface area (Å²) in [5.41, 5.74) is 0.578. The molecule has 0 spiro atoms. The van der Waals surface area contributed by atoms with E-state index in [1.165, 1.54) is 29.7 Å². The first-order valence-corrected chi connectivity index (χ1v) is 6.84. The molecule has 1 aromatic heterocycles. The summed E-state index contributed by atoms with van der Waals surface area (Å²) < 4.78 is 33.3. The summed E-state index contributed by atoms with van der Waals surface area (Å²) in [5, 5.41) is 1.17. The Morgan fingerprint density at radius 2 is 1.89 bits per heavy atom. The van der Waals surface area contributed by atoms with Crippen LogP contribution in [0.15, 0.2) is 59.0 Å². The van der Waals surface area contributed by atoms with Gasteiger partial charge in [-0.05, 0) is 30.3 Å². The third-order valence-corrected chi connectivity index (χ3v) is 3.79. The topological polar surface area (TPSA) is 53.8 Å². The Labute approximate surface area is 105 Å². The first kappa shape index (κ1) is 12.4. The lowest BCUT2D eigenvalue weighted by molar-refractivity contribution is 0.594. The molecule has 0 fully saturated rings. The Morgan fingerprint density at radius 3 is 2.56 bits per heavy atom. The molecule has 0 saturated carbocycles. The molecular weight excluding hydrogens is 251 g/mol. The van der Waals surface area contributed by atoms with Gasteiger partial charge in [-0.2, -0.15) is 0 Å². The third-order valence-electron chi connectivity index (χ3n) is 2.28. The molecule has 0 aliphatic carbocycles. The maximum Gasteiger partial charge on any atom is 0.140 e. The summed E-state index contributed by atoms with van der Waals surface area (Å²) in [6.07, 6.45) is 3.05. The summed E-state index contributed by atoms with van der Waals surface area (Å²) in [7, 11) is -3.28. The van der Waals surface area contributed by atoms with E-state index in [1.54, 1.807) is 30.5 Å². The highest BCUT2D eigenvalue weighted by atomic mass is 32.2. The van der Waals surface area contributed by atoms with Gasteiger partial charge in [0.25, 0.3) is 0 Å². The van der Waals surface area contributed by atoms with E-state index in [-0.39, 0.29) is 4.90 Å². The Kier molecular flexibility index (Phi) is 3.53. The molecule has 1 unspecified atom stereocenters. The van der Waals surface area contributed by atoms with Gasteiger partial charge in [-0.1, -0.05) is 18.2 Å². The summed E-state index contributed by atoms with van der Waals surface area (Å²) in [5.74, 6) is -0.636. The van der Waals surface area contributed by atoms with Crippen molar-refractivity contribution in [3.8, 4) is 0 Å². The lowest BCUT2D eigenvalue weighted by Gasteiger charge is -2.03. The van der Waals surface area contributed by atoms with Crippen molar-refractivity contribution >= 4 is 15.8 Å². The number of benzene rings is 1. The van der Waals surface area contributed by atoms with E-state index < -0.39 is 15.5 Å². The number of halogens is 1. The van der Waals surface area contributed by atoms with E-state index in [0.29, 0.717) is 5.69 Å². The number of pyridine rings is 1. The molecule has 3 nitrogen and oxygen atoms in total. The Morgan fingerprint density at radius 1 is 1.17 bits per heavy atom. The molecule has 0 aliphatic heterocycles. The lowest BCUT2D eigenvalue weighted by atomic mass is 10.3. The van der Waals surface area contributed by atoms with Crippen LogP contribution in [0.25, 0.3) is 6.08 Å². The second-order valence-corrected chi connectivity index (χ2v) is 5.50. The summed E-state index contributed by atoms with van der Waals surface area (Å²) in [6.45, 7) is 0. The van der Waals surface area contributed by atoms with Gasteiger partial charge in [-0.25, -0.2) is 13.4 Å². The van der Waals surface area contributed by atoms with Crippen molar-refractivity contribution in [3.63, 3.8) is 0 Å². The van der Waals surface area contributed by atoms with Crippen molar-refractivity contribution in [2.45, 2.75) is 4.90 Å². The number of rotatable bonds is 3. The molecule has 92 valence electrons. The van der Waals surface area contributed by atoms with Gasteiger partial charge >= 0.3 is 0 Å². The summed E-state index contributed by atoms with van der Waals surface area (Å²) in [4.78, 5) is 3.89. The highest BCUT2D eigenvalue weighted by Gasteiger charge is 2.11. The number of nitrogens with zero attached hydrogens (tertiary/aromatic N) is 1. The van der Waals surface area contributed by atoms with E-state index in [2.05, 4.69) is 4.98 Å². The minimum absolute atomic E-state index is 0.114. The molecule has 0 bridgehead atoms. The standard InChI is InChI=1S/C13H11FN2OS/c14-12-6-1-2-7-13(12)18(15,17)10-8-11-5-3-4-9-16-11/h1-10,15H/b10-8+. The van der Waals surface area contributed by atoms with Crippen molar-refractivity contribution in [1.82, 2.24) is 4.98 Å². The highest BCUT2D eigenvalue weighted by molar-refractivity contribution is 7.95. The van der Waals surface area contributed by atoms with Gasteiger partial charge in [-0.3, -0.25) is 4.98 Å². The van der Waals surface area contributed by atoms with Gasteiger partial charge in [0.05, 0.1) is 20.3 Å². The van der Waals surface area contributed by atoms with Crippen molar-refractivity contribution < 1.29 is 8.60 Å². The second kappa shape index (κ2) is 5.10. The Hall–Kier alpha value is -2.01. The van der Waals surface area contributed by atoms with Crippen LogP contribution >= 0.6 is 0 Å². The van der Waals surface area contributed by atoms with Gasteiger partial charge in [0.2, 0.25) is 0 Å². The fourth-order valence-corrected chi connectivity index (χ4v) is 2.52. The average molecular weight is 262 g/mol. The molecule has 1 atom stereocenters. The lowest BCUT2D eigenvalue weighted by Crippen LogP contribution is -1.97. The molecule has 18 heavy (non-hydrogen) atoms. The number of aromatic nitrogens is 1. The zero-order chi connectivity index (χ0) is 13.0. The zero-order valence-corrected chi connectivity index (χ0v) is 10.2. The van der Waals surface area contributed by atoms with Crippen LogP contribution in [0.4, 0.5) is 4.39 Å². The number of hydrogen-bond acceptors (Lipinski definition) is 3. The Balaban J connectivity index is 2.34. The van der Waals surface area contributed by atoms with Gasteiger partial charge in [0.15, 0.2) is 0 Å². The maximum absolute atomic E-state index is 13.5. The minimum Gasteiger partial charge on any atom is -0.257 e. The average Bonchev–Trinajstić information content (AvgIpc) is 2.38. The molecule has 5 heteroatoms. The molecule has 0 saturated heterocycles. The number of hydrogen-bond donors (Lipinski definition) is 1. The van der Waals surface area contributed by atoms with Crippen molar-refractivity contribution in [2.24, 2.45) is 0 Å². The number of nitrogens with one attached hydrogen (secondary N) is 1.